The van der Waals surface area contributed by atoms with Crippen molar-refractivity contribution in [2.45, 2.75) is 26.3 Å². The number of anilines is 1. The number of hydrogen-bond donors (Lipinski definition) is 3. The van der Waals surface area contributed by atoms with Gasteiger partial charge in [-0.25, -0.2) is 0 Å². The third-order valence-electron chi connectivity index (χ3n) is 3.41. The minimum Gasteiger partial charge on any atom is -0.352 e. The third-order valence-corrected chi connectivity index (χ3v) is 3.41. The van der Waals surface area contributed by atoms with E-state index >= 15 is 0 Å². The van der Waals surface area contributed by atoms with Gasteiger partial charge in [-0.2, -0.15) is 0 Å². The Morgan fingerprint density at radius 1 is 1.30 bits per heavy atom. The molecule has 5 heteroatoms. The molecule has 1 saturated heterocycles. The number of benzene rings is 1. The Bertz CT molecular complexity index is 465. The highest BCUT2D eigenvalue weighted by Crippen LogP contribution is 2.12. The van der Waals surface area contributed by atoms with Gasteiger partial charge in [-0.3, -0.25) is 9.59 Å². The quantitative estimate of drug-likeness (QED) is 0.775. The number of piperidine rings is 1. The highest BCUT2D eigenvalue weighted by molar-refractivity contribution is 5.88. The zero-order valence-corrected chi connectivity index (χ0v) is 11.7. The van der Waals surface area contributed by atoms with Crippen LogP contribution in [0.15, 0.2) is 24.3 Å². The molecule has 1 atom stereocenters. The van der Waals surface area contributed by atoms with E-state index in [0.717, 1.165) is 37.2 Å². The monoisotopic (exact) mass is 275 g/mol. The molecule has 0 aromatic heterocycles. The zero-order chi connectivity index (χ0) is 14.4. The molecule has 0 saturated carbocycles. The second kappa shape index (κ2) is 7.05. The van der Waals surface area contributed by atoms with E-state index in [1.165, 1.54) is 6.92 Å². The van der Waals surface area contributed by atoms with Gasteiger partial charge in [0.25, 0.3) is 0 Å². The van der Waals surface area contributed by atoms with E-state index in [1.54, 1.807) is 0 Å². The second-order valence-corrected chi connectivity index (χ2v) is 5.14. The molecule has 2 rings (SSSR count). The number of nitrogens with one attached hydrogen (secondary N) is 3. The van der Waals surface area contributed by atoms with Crippen molar-refractivity contribution in [1.82, 2.24) is 10.6 Å². The van der Waals surface area contributed by atoms with E-state index in [0.29, 0.717) is 6.54 Å². The minimum absolute atomic E-state index is 0.0856. The summed E-state index contributed by atoms with van der Waals surface area (Å²) >= 11 is 0. The van der Waals surface area contributed by atoms with Gasteiger partial charge >= 0.3 is 0 Å². The topological polar surface area (TPSA) is 70.2 Å². The first kappa shape index (κ1) is 14.5. The molecule has 0 spiro atoms. The molecule has 2 amide bonds. The van der Waals surface area contributed by atoms with Crippen molar-refractivity contribution in [3.05, 3.63) is 29.8 Å². The van der Waals surface area contributed by atoms with Crippen LogP contribution in [0, 0.1) is 5.92 Å². The van der Waals surface area contributed by atoms with Crippen LogP contribution in [0.1, 0.15) is 25.3 Å². The molecule has 1 unspecified atom stereocenters. The molecule has 1 aliphatic rings. The van der Waals surface area contributed by atoms with Gasteiger partial charge < -0.3 is 16.0 Å². The Labute approximate surface area is 119 Å². The van der Waals surface area contributed by atoms with Crippen molar-refractivity contribution in [2.75, 3.05) is 18.4 Å². The Kier molecular flexibility index (Phi) is 5.12. The average molecular weight is 275 g/mol. The summed E-state index contributed by atoms with van der Waals surface area (Å²) in [5.41, 5.74) is 1.79. The first-order chi connectivity index (χ1) is 9.65. The van der Waals surface area contributed by atoms with Crippen LogP contribution in [0.2, 0.25) is 0 Å². The molecular weight excluding hydrogens is 254 g/mol. The molecule has 0 aliphatic carbocycles. The molecule has 3 N–H and O–H groups in total. The van der Waals surface area contributed by atoms with Crippen molar-refractivity contribution in [1.29, 1.82) is 0 Å². The van der Waals surface area contributed by atoms with E-state index in [1.807, 2.05) is 24.3 Å². The lowest BCUT2D eigenvalue weighted by molar-refractivity contribution is -0.125. The Hall–Kier alpha value is -1.88. The number of carbonyl (C=O) groups is 2. The number of rotatable bonds is 4. The summed E-state index contributed by atoms with van der Waals surface area (Å²) in [4.78, 5) is 22.9. The van der Waals surface area contributed by atoms with Crippen molar-refractivity contribution < 1.29 is 9.59 Å². The van der Waals surface area contributed by atoms with Crippen molar-refractivity contribution in [3.8, 4) is 0 Å². The Morgan fingerprint density at radius 2 is 2.05 bits per heavy atom. The SMILES string of the molecule is CC(=O)Nc1ccc(CNC(=O)C2CCCNC2)cc1. The first-order valence-electron chi connectivity index (χ1n) is 7.00. The maximum atomic E-state index is 12.0. The summed E-state index contributed by atoms with van der Waals surface area (Å²) in [6.45, 7) is 3.78. The fourth-order valence-electron chi connectivity index (χ4n) is 2.32. The highest BCUT2D eigenvalue weighted by Gasteiger charge is 2.20. The maximum Gasteiger partial charge on any atom is 0.224 e. The Balaban J connectivity index is 1.81. The smallest absolute Gasteiger partial charge is 0.224 e. The van der Waals surface area contributed by atoms with Gasteiger partial charge in [0.2, 0.25) is 11.8 Å². The summed E-state index contributed by atoms with van der Waals surface area (Å²) in [5, 5.41) is 8.92. The fourth-order valence-corrected chi connectivity index (χ4v) is 2.32. The first-order valence-corrected chi connectivity index (χ1v) is 7.00. The molecule has 5 nitrogen and oxygen atoms in total. The number of amides is 2. The molecule has 20 heavy (non-hydrogen) atoms. The zero-order valence-electron chi connectivity index (χ0n) is 11.7. The third kappa shape index (κ3) is 4.35. The molecule has 1 aromatic rings. The van der Waals surface area contributed by atoms with Crippen LogP contribution in [0.3, 0.4) is 0 Å². The molecule has 1 heterocycles. The van der Waals surface area contributed by atoms with Crippen LogP contribution in [0.5, 0.6) is 0 Å². The normalized spacial score (nSPS) is 18.4. The van der Waals surface area contributed by atoms with Crippen LogP contribution in [-0.4, -0.2) is 24.9 Å². The molecule has 0 radical (unpaired) electrons. The van der Waals surface area contributed by atoms with Crippen LogP contribution in [0.25, 0.3) is 0 Å². The maximum absolute atomic E-state index is 12.0. The van der Waals surface area contributed by atoms with E-state index in [9.17, 15) is 9.59 Å². The van der Waals surface area contributed by atoms with E-state index in [4.69, 9.17) is 0 Å². The van der Waals surface area contributed by atoms with Crippen LogP contribution >= 0.6 is 0 Å². The Morgan fingerprint density at radius 3 is 2.65 bits per heavy atom. The summed E-state index contributed by atoms with van der Waals surface area (Å²) < 4.78 is 0. The van der Waals surface area contributed by atoms with Crippen LogP contribution in [-0.2, 0) is 16.1 Å². The van der Waals surface area contributed by atoms with E-state index < -0.39 is 0 Å². The molecule has 0 bridgehead atoms. The van der Waals surface area contributed by atoms with E-state index in [-0.39, 0.29) is 17.7 Å². The lowest BCUT2D eigenvalue weighted by atomic mass is 9.99. The van der Waals surface area contributed by atoms with Gasteiger partial charge in [-0.05, 0) is 37.1 Å². The lowest BCUT2D eigenvalue weighted by Crippen LogP contribution is -2.40. The number of hydrogen-bond acceptors (Lipinski definition) is 3. The van der Waals surface area contributed by atoms with Gasteiger partial charge in [0.05, 0.1) is 5.92 Å². The molecular formula is C15H21N3O2. The molecule has 1 aliphatic heterocycles. The molecule has 108 valence electrons. The summed E-state index contributed by atoms with van der Waals surface area (Å²) in [6.07, 6.45) is 2.02. The van der Waals surface area contributed by atoms with Crippen LogP contribution < -0.4 is 16.0 Å². The van der Waals surface area contributed by atoms with Gasteiger partial charge in [-0.1, -0.05) is 12.1 Å². The standard InChI is InChI=1S/C15H21N3O2/c1-11(19)18-14-6-4-12(5-7-14)9-17-15(20)13-3-2-8-16-10-13/h4-7,13,16H,2-3,8-10H2,1H3,(H,17,20)(H,18,19). The predicted octanol–water partition coefficient (Wildman–Crippen LogP) is 1.26. The van der Waals surface area contributed by atoms with Crippen molar-refractivity contribution in [3.63, 3.8) is 0 Å². The van der Waals surface area contributed by atoms with Crippen molar-refractivity contribution >= 4 is 17.5 Å². The lowest BCUT2D eigenvalue weighted by Gasteiger charge is -2.21. The highest BCUT2D eigenvalue weighted by atomic mass is 16.2. The van der Waals surface area contributed by atoms with Gasteiger partial charge in [0, 0.05) is 25.7 Å². The van der Waals surface area contributed by atoms with Gasteiger partial charge in [-0.15, -0.1) is 0 Å². The van der Waals surface area contributed by atoms with E-state index in [2.05, 4.69) is 16.0 Å². The molecule has 1 aromatic carbocycles. The minimum atomic E-state index is -0.0872. The van der Waals surface area contributed by atoms with Gasteiger partial charge in [0.15, 0.2) is 0 Å². The van der Waals surface area contributed by atoms with Gasteiger partial charge in [0.1, 0.15) is 0 Å². The van der Waals surface area contributed by atoms with Crippen LogP contribution in [0.4, 0.5) is 5.69 Å². The van der Waals surface area contributed by atoms with Crippen molar-refractivity contribution in [2.24, 2.45) is 5.92 Å². The summed E-state index contributed by atoms with van der Waals surface area (Å²) in [7, 11) is 0. The second-order valence-electron chi connectivity index (χ2n) is 5.14. The largest absolute Gasteiger partial charge is 0.352 e. The average Bonchev–Trinajstić information content (AvgIpc) is 2.46. The number of carbonyl (C=O) groups excluding carboxylic acids is 2. The fraction of sp³-hybridized carbons (Fsp3) is 0.467. The predicted molar refractivity (Wildman–Crippen MR) is 78.2 cm³/mol. The summed E-state index contributed by atoms with van der Waals surface area (Å²) in [6, 6.07) is 7.49. The summed E-state index contributed by atoms with van der Waals surface area (Å²) in [5.74, 6) is 0.112. The molecule has 1 fully saturated rings.